The first-order chi connectivity index (χ1) is 20.2. The summed E-state index contributed by atoms with van der Waals surface area (Å²) < 4.78 is 26.1. The third kappa shape index (κ3) is 10.5. The van der Waals surface area contributed by atoms with E-state index in [0.29, 0.717) is 12.4 Å². The predicted octanol–water partition coefficient (Wildman–Crippen LogP) is 4.64. The van der Waals surface area contributed by atoms with E-state index in [-0.39, 0.29) is 36.0 Å². The van der Waals surface area contributed by atoms with Crippen LogP contribution in [0.1, 0.15) is 42.6 Å². The van der Waals surface area contributed by atoms with Gasteiger partial charge in [0.25, 0.3) is 5.91 Å². The third-order valence-corrected chi connectivity index (χ3v) is 5.66. The molecule has 11 heteroatoms. The number of anilines is 1. The number of amides is 1. The minimum Gasteiger partial charge on any atom is -0.494 e. The van der Waals surface area contributed by atoms with Crippen LogP contribution in [0.25, 0.3) is 0 Å². The van der Waals surface area contributed by atoms with Crippen molar-refractivity contribution >= 4 is 29.5 Å². The van der Waals surface area contributed by atoms with Gasteiger partial charge in [-0.05, 0) is 68.1 Å². The first-order valence-electron chi connectivity index (χ1n) is 13.3. The number of carbonyl (C=O) groups excluding carboxylic acids is 3. The quantitative estimate of drug-likeness (QED) is 0.140. The van der Waals surface area contributed by atoms with Crippen molar-refractivity contribution in [1.82, 2.24) is 0 Å². The number of carboxylic acid groups (broad SMARTS) is 1. The molecule has 0 aliphatic carbocycles. The molecule has 0 aliphatic heterocycles. The number of esters is 2. The fourth-order valence-corrected chi connectivity index (χ4v) is 3.70. The van der Waals surface area contributed by atoms with Crippen molar-refractivity contribution in [1.29, 1.82) is 0 Å². The summed E-state index contributed by atoms with van der Waals surface area (Å²) in [7, 11) is 0. The van der Waals surface area contributed by atoms with Gasteiger partial charge in [-0.2, -0.15) is 0 Å². The second kappa shape index (κ2) is 16.3. The number of hydrogen-bond donors (Lipinski definition) is 2. The highest BCUT2D eigenvalue weighted by Crippen LogP contribution is 2.31. The molecule has 11 nitrogen and oxygen atoms in total. The smallest absolute Gasteiger partial charge is 0.387 e. The molecule has 3 rings (SSSR count). The van der Waals surface area contributed by atoms with Crippen LogP contribution in [-0.4, -0.2) is 55.0 Å². The molecule has 2 N–H and O–H groups in total. The van der Waals surface area contributed by atoms with E-state index in [1.807, 2.05) is 18.2 Å². The Hall–Kier alpha value is -5.06. The molecule has 42 heavy (non-hydrogen) atoms. The number of unbranched alkanes of at least 4 members (excludes halogenated alkanes) is 1. The average Bonchev–Trinajstić information content (AvgIpc) is 2.97. The van der Waals surface area contributed by atoms with E-state index in [1.54, 1.807) is 31.2 Å². The molecule has 0 spiro atoms. The fraction of sp³-hybridized carbons (Fsp3) is 0.290. The summed E-state index contributed by atoms with van der Waals surface area (Å²) in [5.41, 5.74) is 1.57. The minimum atomic E-state index is -1.96. The van der Waals surface area contributed by atoms with Crippen molar-refractivity contribution < 1.29 is 48.0 Å². The summed E-state index contributed by atoms with van der Waals surface area (Å²) in [5, 5.41) is 12.0. The lowest BCUT2D eigenvalue weighted by molar-refractivity contribution is -0.181. The number of aryl methyl sites for hydroxylation is 1. The number of rotatable bonds is 16. The van der Waals surface area contributed by atoms with Crippen molar-refractivity contribution in [2.45, 2.75) is 39.4 Å². The van der Waals surface area contributed by atoms with E-state index >= 15 is 0 Å². The Balaban J connectivity index is 1.65. The Kier molecular flexibility index (Phi) is 12.2. The van der Waals surface area contributed by atoms with Gasteiger partial charge in [-0.1, -0.05) is 30.3 Å². The zero-order chi connectivity index (χ0) is 30.3. The molecule has 0 bridgehead atoms. The number of carbonyl (C=O) groups is 4. The molecule has 0 aromatic heterocycles. The van der Waals surface area contributed by atoms with Gasteiger partial charge >= 0.3 is 24.2 Å². The van der Waals surface area contributed by atoms with Crippen LogP contribution in [0, 0.1) is 0 Å². The van der Waals surface area contributed by atoms with Crippen LogP contribution in [0.4, 0.5) is 5.69 Å². The second-order valence-corrected chi connectivity index (χ2v) is 8.92. The van der Waals surface area contributed by atoms with Crippen LogP contribution in [-0.2, 0) is 30.3 Å². The molecule has 1 unspecified atom stereocenters. The molecule has 0 saturated heterocycles. The average molecular weight is 580 g/mol. The molecule has 0 saturated carbocycles. The van der Waals surface area contributed by atoms with Crippen molar-refractivity contribution in [3.05, 3.63) is 83.9 Å². The number of hydrogen-bond acceptors (Lipinski definition) is 9. The number of nitrogens with one attached hydrogen (secondary N) is 1. The second-order valence-electron chi connectivity index (χ2n) is 8.92. The first kappa shape index (κ1) is 31.5. The van der Waals surface area contributed by atoms with Crippen molar-refractivity contribution in [2.75, 3.05) is 25.1 Å². The lowest BCUT2D eigenvalue weighted by Crippen LogP contribution is -2.32. The zero-order valence-electron chi connectivity index (χ0n) is 23.4. The van der Waals surface area contributed by atoms with Gasteiger partial charge in [0.2, 0.25) is 0 Å². The van der Waals surface area contributed by atoms with Gasteiger partial charge in [0.1, 0.15) is 17.2 Å². The van der Waals surface area contributed by atoms with Crippen LogP contribution < -0.4 is 19.5 Å². The van der Waals surface area contributed by atoms with Gasteiger partial charge in [0.05, 0.1) is 18.9 Å². The van der Waals surface area contributed by atoms with E-state index in [0.717, 1.165) is 26.2 Å². The number of ether oxygens (including phenoxy) is 5. The minimum absolute atomic E-state index is 0.0125. The monoisotopic (exact) mass is 579 g/mol. The third-order valence-electron chi connectivity index (χ3n) is 5.66. The molecule has 0 radical (unpaired) electrons. The van der Waals surface area contributed by atoms with E-state index in [2.05, 4.69) is 17.4 Å². The predicted molar refractivity (Wildman–Crippen MR) is 152 cm³/mol. The Labute approximate surface area is 243 Å². The topological polar surface area (TPSA) is 147 Å². The van der Waals surface area contributed by atoms with Gasteiger partial charge in [-0.25, -0.2) is 9.59 Å². The largest absolute Gasteiger partial charge is 0.494 e. The molecule has 0 fully saturated rings. The maximum atomic E-state index is 13.0. The van der Waals surface area contributed by atoms with Gasteiger partial charge in [-0.15, -0.1) is 0 Å². The summed E-state index contributed by atoms with van der Waals surface area (Å²) in [6.07, 6.45) is 0.864. The summed E-state index contributed by atoms with van der Waals surface area (Å²) in [4.78, 5) is 47.6. The zero-order valence-corrected chi connectivity index (χ0v) is 23.4. The molecule has 1 atom stereocenters. The van der Waals surface area contributed by atoms with Crippen LogP contribution >= 0.6 is 0 Å². The number of carboxylic acids is 1. The van der Waals surface area contributed by atoms with Crippen LogP contribution in [0.15, 0.2) is 72.8 Å². The molecule has 0 heterocycles. The van der Waals surface area contributed by atoms with Crippen LogP contribution in [0.2, 0.25) is 0 Å². The maximum Gasteiger partial charge on any atom is 0.387 e. The van der Waals surface area contributed by atoms with E-state index < -0.39 is 30.1 Å². The van der Waals surface area contributed by atoms with Gasteiger partial charge in [0.15, 0.2) is 6.61 Å². The summed E-state index contributed by atoms with van der Waals surface area (Å²) in [6, 6.07) is 20.8. The van der Waals surface area contributed by atoms with Crippen LogP contribution in [0.3, 0.4) is 0 Å². The van der Waals surface area contributed by atoms with Crippen molar-refractivity contribution in [2.24, 2.45) is 0 Å². The maximum absolute atomic E-state index is 13.0. The molecular formula is C31H33NO10. The van der Waals surface area contributed by atoms with Gasteiger partial charge in [-0.3, -0.25) is 9.59 Å². The summed E-state index contributed by atoms with van der Waals surface area (Å²) in [5.74, 6) is -2.91. The molecule has 222 valence electrons. The first-order valence-corrected chi connectivity index (χ1v) is 13.3. The highest BCUT2D eigenvalue weighted by Gasteiger charge is 2.25. The van der Waals surface area contributed by atoms with E-state index in [4.69, 9.17) is 23.7 Å². The Morgan fingerprint density at radius 1 is 0.881 bits per heavy atom. The van der Waals surface area contributed by atoms with E-state index in [9.17, 15) is 24.3 Å². The molecule has 0 aliphatic rings. The lowest BCUT2D eigenvalue weighted by atomic mass is 10.1. The normalized spacial score (nSPS) is 11.1. The Bertz CT molecular complexity index is 1340. The highest BCUT2D eigenvalue weighted by atomic mass is 16.7. The Morgan fingerprint density at radius 3 is 2.26 bits per heavy atom. The van der Waals surface area contributed by atoms with Gasteiger partial charge in [0, 0.05) is 18.6 Å². The van der Waals surface area contributed by atoms with E-state index in [1.165, 1.54) is 23.8 Å². The summed E-state index contributed by atoms with van der Waals surface area (Å²) in [6.45, 7) is 3.02. The Morgan fingerprint density at radius 2 is 1.60 bits per heavy atom. The molecule has 3 aromatic carbocycles. The number of aliphatic carboxylic acids is 1. The van der Waals surface area contributed by atoms with Crippen molar-refractivity contribution in [3.63, 3.8) is 0 Å². The fourth-order valence-electron chi connectivity index (χ4n) is 3.70. The standard InChI is InChI=1S/C31H33NO10/c1-3-38-28(34)20-40-25-16-17-27(42-31(30(36)37)41-21(2)33)26(19-25)32-29(35)23-12-14-24(15-13-23)39-18-8-7-11-22-9-5-4-6-10-22/h4-6,9-10,12-17,19,31H,3,7-8,11,18,20H2,1-2H3,(H,32,35)(H,36,37). The summed E-state index contributed by atoms with van der Waals surface area (Å²) >= 11 is 0. The lowest BCUT2D eigenvalue weighted by Gasteiger charge is -2.18. The number of benzene rings is 3. The molecular weight excluding hydrogens is 546 g/mol. The van der Waals surface area contributed by atoms with Crippen LogP contribution in [0.5, 0.6) is 17.2 Å². The SMILES string of the molecule is CCOC(=O)COc1ccc(OC(OC(C)=O)C(=O)O)c(NC(=O)c2ccc(OCCCCc3ccccc3)cc2)c1. The molecule has 1 amide bonds. The highest BCUT2D eigenvalue weighted by molar-refractivity contribution is 6.05. The van der Waals surface area contributed by atoms with Gasteiger partial charge < -0.3 is 34.1 Å². The van der Waals surface area contributed by atoms with Crippen molar-refractivity contribution in [3.8, 4) is 17.2 Å². The molecule has 3 aromatic rings.